The minimum absolute atomic E-state index is 0.193. The van der Waals surface area contributed by atoms with Crippen molar-refractivity contribution in [3.63, 3.8) is 0 Å². The molecule has 0 amide bonds. The number of ketones is 1. The normalized spacial score (nSPS) is 10.7. The summed E-state index contributed by atoms with van der Waals surface area (Å²) in [5.41, 5.74) is 0.734. The quantitative estimate of drug-likeness (QED) is 0.705. The SMILES string of the molecule is CCCCC(=O)c1cccnc1NC(CC)CC. The molecule has 3 nitrogen and oxygen atoms in total. The van der Waals surface area contributed by atoms with Gasteiger partial charge in [-0.2, -0.15) is 0 Å². The fourth-order valence-electron chi connectivity index (χ4n) is 1.90. The van der Waals surface area contributed by atoms with Gasteiger partial charge < -0.3 is 5.32 Å². The van der Waals surface area contributed by atoms with Crippen molar-refractivity contribution in [2.24, 2.45) is 0 Å². The molecule has 1 N–H and O–H groups in total. The number of anilines is 1. The molecule has 3 heteroatoms. The van der Waals surface area contributed by atoms with Crippen LogP contribution >= 0.6 is 0 Å². The molecular formula is C15H24N2O. The number of unbranched alkanes of at least 4 members (excludes halogenated alkanes) is 1. The molecule has 0 unspecified atom stereocenters. The molecule has 0 atom stereocenters. The van der Waals surface area contributed by atoms with Gasteiger partial charge in [-0.3, -0.25) is 4.79 Å². The highest BCUT2D eigenvalue weighted by molar-refractivity contribution is 6.00. The van der Waals surface area contributed by atoms with Crippen molar-refractivity contribution in [1.29, 1.82) is 0 Å². The third kappa shape index (κ3) is 4.13. The molecule has 0 saturated heterocycles. The molecule has 1 heterocycles. The molecule has 0 aliphatic heterocycles. The zero-order chi connectivity index (χ0) is 13.4. The smallest absolute Gasteiger partial charge is 0.166 e. The Labute approximate surface area is 110 Å². The van der Waals surface area contributed by atoms with Gasteiger partial charge in [-0.05, 0) is 31.4 Å². The van der Waals surface area contributed by atoms with E-state index in [4.69, 9.17) is 0 Å². The van der Waals surface area contributed by atoms with Crippen LogP contribution < -0.4 is 5.32 Å². The Morgan fingerprint density at radius 3 is 2.67 bits per heavy atom. The maximum Gasteiger partial charge on any atom is 0.166 e. The maximum absolute atomic E-state index is 12.1. The second kappa shape index (κ2) is 7.85. The van der Waals surface area contributed by atoms with Crippen LogP contribution in [0.5, 0.6) is 0 Å². The molecule has 0 radical (unpaired) electrons. The second-order valence-corrected chi connectivity index (χ2v) is 4.58. The summed E-state index contributed by atoms with van der Waals surface area (Å²) in [7, 11) is 0. The van der Waals surface area contributed by atoms with Gasteiger partial charge in [0.05, 0.1) is 5.56 Å². The van der Waals surface area contributed by atoms with E-state index >= 15 is 0 Å². The minimum Gasteiger partial charge on any atom is -0.367 e. The fraction of sp³-hybridized carbons (Fsp3) is 0.600. The first kappa shape index (κ1) is 14.7. The van der Waals surface area contributed by atoms with E-state index in [-0.39, 0.29) is 5.78 Å². The van der Waals surface area contributed by atoms with Gasteiger partial charge in [-0.25, -0.2) is 4.98 Å². The largest absolute Gasteiger partial charge is 0.367 e. The zero-order valence-corrected chi connectivity index (χ0v) is 11.7. The summed E-state index contributed by atoms with van der Waals surface area (Å²) in [6.07, 6.45) is 6.41. The number of carbonyl (C=O) groups excluding carboxylic acids is 1. The van der Waals surface area contributed by atoms with Crippen LogP contribution in [0, 0.1) is 0 Å². The Kier molecular flexibility index (Phi) is 6.40. The molecule has 0 aliphatic carbocycles. The molecule has 0 fully saturated rings. The van der Waals surface area contributed by atoms with Gasteiger partial charge in [0.15, 0.2) is 5.78 Å². The number of aromatic nitrogens is 1. The summed E-state index contributed by atoms with van der Waals surface area (Å²) in [6.45, 7) is 6.38. The van der Waals surface area contributed by atoms with Crippen molar-refractivity contribution in [3.8, 4) is 0 Å². The molecule has 1 rings (SSSR count). The monoisotopic (exact) mass is 248 g/mol. The Hall–Kier alpha value is -1.38. The predicted octanol–water partition coefficient (Wildman–Crippen LogP) is 4.06. The lowest BCUT2D eigenvalue weighted by molar-refractivity contribution is 0.0980. The number of nitrogens with zero attached hydrogens (tertiary/aromatic N) is 1. The van der Waals surface area contributed by atoms with Gasteiger partial charge in [-0.1, -0.05) is 27.2 Å². The molecule has 1 aromatic rings. The van der Waals surface area contributed by atoms with Crippen molar-refractivity contribution in [2.75, 3.05) is 5.32 Å². The standard InChI is InChI=1S/C15H24N2O/c1-4-7-10-14(18)13-9-8-11-16-15(13)17-12(5-2)6-3/h8-9,11-12H,4-7,10H2,1-3H3,(H,16,17). The van der Waals surface area contributed by atoms with Crippen molar-refractivity contribution < 1.29 is 4.79 Å². The number of rotatable bonds is 8. The van der Waals surface area contributed by atoms with E-state index in [0.717, 1.165) is 37.1 Å². The summed E-state index contributed by atoms with van der Waals surface area (Å²) >= 11 is 0. The van der Waals surface area contributed by atoms with Crippen LogP contribution in [0.2, 0.25) is 0 Å². The second-order valence-electron chi connectivity index (χ2n) is 4.58. The van der Waals surface area contributed by atoms with Crippen LogP contribution in [-0.4, -0.2) is 16.8 Å². The first-order valence-electron chi connectivity index (χ1n) is 6.97. The van der Waals surface area contributed by atoms with Crippen molar-refractivity contribution in [1.82, 2.24) is 4.98 Å². The highest BCUT2D eigenvalue weighted by Crippen LogP contribution is 2.17. The van der Waals surface area contributed by atoms with E-state index in [2.05, 4.69) is 31.1 Å². The van der Waals surface area contributed by atoms with Gasteiger partial charge in [0.1, 0.15) is 5.82 Å². The summed E-state index contributed by atoms with van der Waals surface area (Å²) < 4.78 is 0. The molecule has 100 valence electrons. The Morgan fingerprint density at radius 2 is 2.06 bits per heavy atom. The predicted molar refractivity (Wildman–Crippen MR) is 76.1 cm³/mol. The molecule has 0 aliphatic rings. The van der Waals surface area contributed by atoms with E-state index in [0.29, 0.717) is 12.5 Å². The highest BCUT2D eigenvalue weighted by atomic mass is 16.1. The van der Waals surface area contributed by atoms with Crippen LogP contribution in [-0.2, 0) is 0 Å². The fourth-order valence-corrected chi connectivity index (χ4v) is 1.90. The highest BCUT2D eigenvalue weighted by Gasteiger charge is 2.13. The van der Waals surface area contributed by atoms with Crippen LogP contribution in [0.15, 0.2) is 18.3 Å². The van der Waals surface area contributed by atoms with E-state index in [1.165, 1.54) is 0 Å². The molecule has 0 bridgehead atoms. The van der Waals surface area contributed by atoms with Crippen LogP contribution in [0.3, 0.4) is 0 Å². The van der Waals surface area contributed by atoms with Gasteiger partial charge in [0, 0.05) is 18.7 Å². The number of hydrogen-bond donors (Lipinski definition) is 1. The summed E-state index contributed by atoms with van der Waals surface area (Å²) in [5, 5.41) is 3.37. The van der Waals surface area contributed by atoms with Gasteiger partial charge in [0.25, 0.3) is 0 Å². The lowest BCUT2D eigenvalue weighted by atomic mass is 10.1. The van der Waals surface area contributed by atoms with E-state index < -0.39 is 0 Å². The maximum atomic E-state index is 12.1. The van der Waals surface area contributed by atoms with Crippen LogP contribution in [0.4, 0.5) is 5.82 Å². The summed E-state index contributed by atoms with van der Waals surface area (Å²) in [5.74, 6) is 0.936. The van der Waals surface area contributed by atoms with E-state index in [9.17, 15) is 4.79 Å². The third-order valence-corrected chi connectivity index (χ3v) is 3.19. The number of carbonyl (C=O) groups is 1. The zero-order valence-electron chi connectivity index (χ0n) is 11.7. The molecule has 18 heavy (non-hydrogen) atoms. The van der Waals surface area contributed by atoms with Gasteiger partial charge >= 0.3 is 0 Å². The van der Waals surface area contributed by atoms with Crippen LogP contribution in [0.1, 0.15) is 63.2 Å². The lowest BCUT2D eigenvalue weighted by Gasteiger charge is -2.17. The van der Waals surface area contributed by atoms with Crippen LogP contribution in [0.25, 0.3) is 0 Å². The molecular weight excluding hydrogens is 224 g/mol. The molecule has 0 spiro atoms. The van der Waals surface area contributed by atoms with Crippen molar-refractivity contribution in [3.05, 3.63) is 23.9 Å². The summed E-state index contributed by atoms with van der Waals surface area (Å²) in [4.78, 5) is 16.4. The number of pyridine rings is 1. The third-order valence-electron chi connectivity index (χ3n) is 3.19. The number of nitrogens with one attached hydrogen (secondary N) is 1. The van der Waals surface area contributed by atoms with Crippen molar-refractivity contribution >= 4 is 11.6 Å². The Balaban J connectivity index is 2.81. The minimum atomic E-state index is 0.193. The number of Topliss-reactive ketones (excluding diaryl/α,β-unsaturated/α-hetero) is 1. The van der Waals surface area contributed by atoms with Gasteiger partial charge in [0.2, 0.25) is 0 Å². The average Bonchev–Trinajstić information content (AvgIpc) is 2.42. The Bertz CT molecular complexity index is 373. The van der Waals surface area contributed by atoms with Gasteiger partial charge in [-0.15, -0.1) is 0 Å². The average molecular weight is 248 g/mol. The Morgan fingerprint density at radius 1 is 1.33 bits per heavy atom. The number of hydrogen-bond acceptors (Lipinski definition) is 3. The first-order chi connectivity index (χ1) is 8.72. The summed E-state index contributed by atoms with van der Waals surface area (Å²) in [6, 6.07) is 4.09. The molecule has 0 saturated carbocycles. The van der Waals surface area contributed by atoms with E-state index in [1.54, 1.807) is 6.20 Å². The molecule has 0 aromatic carbocycles. The van der Waals surface area contributed by atoms with Crippen molar-refractivity contribution in [2.45, 2.75) is 58.9 Å². The van der Waals surface area contributed by atoms with E-state index in [1.807, 2.05) is 12.1 Å². The topological polar surface area (TPSA) is 42.0 Å². The first-order valence-corrected chi connectivity index (χ1v) is 6.97. The molecule has 1 aromatic heterocycles. The lowest BCUT2D eigenvalue weighted by Crippen LogP contribution is -2.20.